The fraction of sp³-hybridized carbons (Fsp3) is 0.394. The third-order valence-corrected chi connectivity index (χ3v) is 7.23. The van der Waals surface area contributed by atoms with Crippen molar-refractivity contribution >= 4 is 11.8 Å². The van der Waals surface area contributed by atoms with Crippen molar-refractivity contribution in [3.63, 3.8) is 0 Å². The maximum absolute atomic E-state index is 13.8. The van der Waals surface area contributed by atoms with Gasteiger partial charge in [0.25, 0.3) is 0 Å². The van der Waals surface area contributed by atoms with E-state index >= 15 is 0 Å². The van der Waals surface area contributed by atoms with E-state index in [4.69, 9.17) is 4.74 Å². The summed E-state index contributed by atoms with van der Waals surface area (Å²) in [5.74, 6) is 0.719. The van der Waals surface area contributed by atoms with Crippen LogP contribution >= 0.6 is 0 Å². The van der Waals surface area contributed by atoms with Gasteiger partial charge in [0.1, 0.15) is 11.8 Å². The minimum Gasteiger partial charge on any atom is -0.494 e. The fourth-order valence-electron chi connectivity index (χ4n) is 5.12. The third-order valence-electron chi connectivity index (χ3n) is 7.23. The molecule has 2 amide bonds. The van der Waals surface area contributed by atoms with Crippen LogP contribution in [0.1, 0.15) is 60.8 Å². The summed E-state index contributed by atoms with van der Waals surface area (Å²) in [7, 11) is 0. The first-order chi connectivity index (χ1) is 18.5. The van der Waals surface area contributed by atoms with E-state index in [1.165, 1.54) is 5.56 Å². The number of hydrogen-bond donors (Lipinski definition) is 1. The predicted octanol–water partition coefficient (Wildman–Crippen LogP) is 6.16. The Morgan fingerprint density at radius 2 is 1.61 bits per heavy atom. The van der Waals surface area contributed by atoms with Crippen LogP contribution in [0, 0.1) is 13.8 Å². The second-order valence-corrected chi connectivity index (χ2v) is 10.5. The second kappa shape index (κ2) is 13.8. The zero-order valence-electron chi connectivity index (χ0n) is 22.7. The van der Waals surface area contributed by atoms with E-state index in [0.717, 1.165) is 48.1 Å². The van der Waals surface area contributed by atoms with Gasteiger partial charge in [-0.3, -0.25) is 9.59 Å². The van der Waals surface area contributed by atoms with E-state index in [9.17, 15) is 9.59 Å². The monoisotopic (exact) mass is 512 g/mol. The van der Waals surface area contributed by atoms with Crippen molar-refractivity contribution in [2.24, 2.45) is 0 Å². The second-order valence-electron chi connectivity index (χ2n) is 10.5. The molecule has 0 heterocycles. The molecule has 1 atom stereocenters. The maximum atomic E-state index is 13.8. The summed E-state index contributed by atoms with van der Waals surface area (Å²) in [6.07, 6.45) is 5.68. The lowest BCUT2D eigenvalue weighted by Gasteiger charge is -2.32. The highest BCUT2D eigenvalue weighted by molar-refractivity contribution is 5.88. The number of carbonyl (C=O) groups is 2. The smallest absolute Gasteiger partial charge is 0.243 e. The molecule has 0 aliphatic heterocycles. The van der Waals surface area contributed by atoms with Crippen LogP contribution in [0.4, 0.5) is 0 Å². The zero-order valence-corrected chi connectivity index (χ0v) is 22.7. The number of nitrogens with one attached hydrogen (secondary N) is 1. The first kappa shape index (κ1) is 27.4. The molecule has 1 saturated carbocycles. The molecule has 1 aliphatic carbocycles. The maximum Gasteiger partial charge on any atom is 0.243 e. The Bertz CT molecular complexity index is 1170. The van der Waals surface area contributed by atoms with Crippen molar-refractivity contribution < 1.29 is 14.3 Å². The summed E-state index contributed by atoms with van der Waals surface area (Å²) in [5.41, 5.74) is 4.39. The van der Waals surface area contributed by atoms with Crippen molar-refractivity contribution in [1.29, 1.82) is 0 Å². The molecule has 5 heteroatoms. The summed E-state index contributed by atoms with van der Waals surface area (Å²) in [5, 5.41) is 3.27. The van der Waals surface area contributed by atoms with Crippen LogP contribution in [0.15, 0.2) is 78.9 Å². The molecule has 1 N–H and O–H groups in total. The van der Waals surface area contributed by atoms with Crippen molar-refractivity contribution in [1.82, 2.24) is 10.2 Å². The molecule has 1 unspecified atom stereocenters. The molecule has 4 rings (SSSR count). The van der Waals surface area contributed by atoms with Crippen LogP contribution in [-0.2, 0) is 22.6 Å². The Labute approximate surface area is 227 Å². The molecule has 5 nitrogen and oxygen atoms in total. The molecule has 0 radical (unpaired) electrons. The van der Waals surface area contributed by atoms with E-state index in [1.54, 1.807) is 4.90 Å². The molecular formula is C33H40N2O3. The molecule has 0 aromatic heterocycles. The normalized spacial score (nSPS) is 14.2. The van der Waals surface area contributed by atoms with E-state index in [-0.39, 0.29) is 17.9 Å². The molecule has 0 bridgehead atoms. The highest BCUT2D eigenvalue weighted by atomic mass is 16.5. The van der Waals surface area contributed by atoms with Crippen LogP contribution in [0.2, 0.25) is 0 Å². The van der Waals surface area contributed by atoms with Crippen molar-refractivity contribution in [2.45, 2.75) is 77.4 Å². The van der Waals surface area contributed by atoms with Crippen molar-refractivity contribution in [2.75, 3.05) is 6.61 Å². The lowest BCUT2D eigenvalue weighted by atomic mass is 10.0. The first-order valence-corrected chi connectivity index (χ1v) is 13.9. The molecule has 38 heavy (non-hydrogen) atoms. The highest BCUT2D eigenvalue weighted by Gasteiger charge is 2.32. The standard InChI is InChI=1S/C33H40N2O3/c1-25-17-19-30(20-18-25)38-21-9-16-32(36)35(24-28-13-8-10-26(2)22-28)31(23-27-11-4-3-5-12-27)33(37)34-29-14-6-7-15-29/h3-5,8,10-13,17-20,22,29,31H,6-7,9,14-16,21,23-24H2,1-2H3,(H,34,37). The van der Waals surface area contributed by atoms with Gasteiger partial charge in [-0.15, -0.1) is 0 Å². The number of amides is 2. The Morgan fingerprint density at radius 1 is 0.895 bits per heavy atom. The Hall–Kier alpha value is -3.60. The number of aryl methyl sites for hydroxylation is 2. The fourth-order valence-corrected chi connectivity index (χ4v) is 5.12. The minimum absolute atomic E-state index is 0.0264. The Balaban J connectivity index is 1.51. The Kier molecular flexibility index (Phi) is 9.97. The molecule has 3 aromatic carbocycles. The van der Waals surface area contributed by atoms with Gasteiger partial charge in [0, 0.05) is 25.4 Å². The molecular weight excluding hydrogens is 472 g/mol. The van der Waals surface area contributed by atoms with Gasteiger partial charge in [-0.25, -0.2) is 0 Å². The van der Waals surface area contributed by atoms with Crippen molar-refractivity contribution in [3.8, 4) is 5.75 Å². The first-order valence-electron chi connectivity index (χ1n) is 13.9. The summed E-state index contributed by atoms with van der Waals surface area (Å²) >= 11 is 0. The number of nitrogens with zero attached hydrogens (tertiary/aromatic N) is 1. The molecule has 0 spiro atoms. The molecule has 1 fully saturated rings. The van der Waals surface area contributed by atoms with Gasteiger partial charge in [0.15, 0.2) is 0 Å². The van der Waals surface area contributed by atoms with Crippen molar-refractivity contribution in [3.05, 3.63) is 101 Å². The molecule has 200 valence electrons. The minimum atomic E-state index is -0.580. The topological polar surface area (TPSA) is 58.6 Å². The summed E-state index contributed by atoms with van der Waals surface area (Å²) in [6.45, 7) is 4.94. The number of hydrogen-bond acceptors (Lipinski definition) is 3. The predicted molar refractivity (Wildman–Crippen MR) is 152 cm³/mol. The lowest BCUT2D eigenvalue weighted by Crippen LogP contribution is -2.52. The van der Waals surface area contributed by atoms with Gasteiger partial charge in [0.05, 0.1) is 6.61 Å². The quantitative estimate of drug-likeness (QED) is 0.296. The molecule has 3 aromatic rings. The van der Waals surface area contributed by atoms with Crippen LogP contribution in [0.5, 0.6) is 5.75 Å². The molecule has 0 saturated heterocycles. The van der Waals surface area contributed by atoms with Crippen LogP contribution in [-0.4, -0.2) is 35.4 Å². The van der Waals surface area contributed by atoms with E-state index in [2.05, 4.69) is 11.4 Å². The summed E-state index contributed by atoms with van der Waals surface area (Å²) in [4.78, 5) is 29.3. The van der Waals surface area contributed by atoms with Gasteiger partial charge in [0.2, 0.25) is 11.8 Å². The van der Waals surface area contributed by atoms with Gasteiger partial charge >= 0.3 is 0 Å². The van der Waals surface area contributed by atoms with Gasteiger partial charge in [-0.2, -0.15) is 0 Å². The lowest BCUT2D eigenvalue weighted by molar-refractivity contribution is -0.141. The average molecular weight is 513 g/mol. The number of ether oxygens (including phenoxy) is 1. The number of carbonyl (C=O) groups excluding carboxylic acids is 2. The van der Waals surface area contributed by atoms with E-state index in [1.807, 2.05) is 86.6 Å². The zero-order chi connectivity index (χ0) is 26.7. The largest absolute Gasteiger partial charge is 0.494 e. The SMILES string of the molecule is Cc1ccc(OCCCC(=O)N(Cc2cccc(C)c2)C(Cc2ccccc2)C(=O)NC2CCCC2)cc1. The summed E-state index contributed by atoms with van der Waals surface area (Å²) < 4.78 is 5.87. The average Bonchev–Trinajstić information content (AvgIpc) is 3.43. The van der Waals surface area contributed by atoms with Crippen LogP contribution in [0.25, 0.3) is 0 Å². The number of benzene rings is 3. The summed E-state index contributed by atoms with van der Waals surface area (Å²) in [6, 6.07) is 25.7. The van der Waals surface area contributed by atoms with Gasteiger partial charge in [-0.05, 0) is 56.4 Å². The Morgan fingerprint density at radius 3 is 2.32 bits per heavy atom. The highest BCUT2D eigenvalue weighted by Crippen LogP contribution is 2.21. The van der Waals surface area contributed by atoms with Crippen LogP contribution < -0.4 is 10.1 Å². The molecule has 1 aliphatic rings. The van der Waals surface area contributed by atoms with Gasteiger partial charge in [-0.1, -0.05) is 90.7 Å². The van der Waals surface area contributed by atoms with E-state index in [0.29, 0.717) is 32.4 Å². The van der Waals surface area contributed by atoms with E-state index < -0.39 is 6.04 Å². The van der Waals surface area contributed by atoms with Crippen LogP contribution in [0.3, 0.4) is 0 Å². The number of rotatable bonds is 12. The third kappa shape index (κ3) is 8.20. The van der Waals surface area contributed by atoms with Gasteiger partial charge < -0.3 is 15.0 Å².